The third-order valence-electron chi connectivity index (χ3n) is 4.00. The van der Waals surface area contributed by atoms with Crippen LogP contribution < -0.4 is 0 Å². The molecular formula is C19H13Br. The van der Waals surface area contributed by atoms with E-state index in [0.29, 0.717) is 5.92 Å². The zero-order valence-electron chi connectivity index (χ0n) is 10.9. The zero-order chi connectivity index (χ0) is 13.5. The summed E-state index contributed by atoms with van der Waals surface area (Å²) < 4.78 is 1.19. The maximum Gasteiger partial charge on any atom is 0.0290 e. The number of hydrogen-bond donors (Lipinski definition) is 0. The predicted molar refractivity (Wildman–Crippen MR) is 89.0 cm³/mol. The fourth-order valence-corrected chi connectivity index (χ4v) is 3.63. The molecule has 0 heterocycles. The Balaban J connectivity index is 1.88. The molecule has 1 aliphatic carbocycles. The van der Waals surface area contributed by atoms with Gasteiger partial charge in [-0.2, -0.15) is 0 Å². The van der Waals surface area contributed by atoms with Gasteiger partial charge in [-0.25, -0.2) is 0 Å². The van der Waals surface area contributed by atoms with E-state index in [-0.39, 0.29) is 0 Å². The highest BCUT2D eigenvalue weighted by Crippen LogP contribution is 2.40. The van der Waals surface area contributed by atoms with Crippen LogP contribution in [0.2, 0.25) is 0 Å². The first-order valence-electron chi connectivity index (χ1n) is 6.78. The highest BCUT2D eigenvalue weighted by molar-refractivity contribution is 9.10. The molecule has 1 atom stereocenters. The van der Waals surface area contributed by atoms with E-state index in [1.807, 2.05) is 0 Å². The molecule has 1 unspecified atom stereocenters. The molecule has 0 nitrogen and oxygen atoms in total. The zero-order valence-corrected chi connectivity index (χ0v) is 12.5. The summed E-state index contributed by atoms with van der Waals surface area (Å²) in [5, 5.41) is 2.60. The van der Waals surface area contributed by atoms with Gasteiger partial charge in [-0.1, -0.05) is 82.7 Å². The maximum atomic E-state index is 3.69. The van der Waals surface area contributed by atoms with E-state index < -0.39 is 0 Å². The Hall–Kier alpha value is -1.86. The summed E-state index contributed by atoms with van der Waals surface area (Å²) >= 11 is 3.69. The molecule has 3 aromatic carbocycles. The van der Waals surface area contributed by atoms with E-state index in [1.54, 1.807) is 0 Å². The standard InChI is InChI=1S/C19H13Br/c20-18-7-3-6-14-10-11-17(19(14)18)16-9-8-13-4-1-2-5-15(13)12-16/h1-12,17H. The molecular weight excluding hydrogens is 308 g/mol. The van der Waals surface area contributed by atoms with Crippen LogP contribution in [0.3, 0.4) is 0 Å². The Morgan fingerprint density at radius 3 is 2.55 bits per heavy atom. The largest absolute Gasteiger partial charge is 0.0720 e. The van der Waals surface area contributed by atoms with Gasteiger partial charge in [0.25, 0.3) is 0 Å². The predicted octanol–water partition coefficient (Wildman–Crippen LogP) is 5.76. The van der Waals surface area contributed by atoms with Crippen molar-refractivity contribution < 1.29 is 0 Å². The molecule has 96 valence electrons. The van der Waals surface area contributed by atoms with E-state index >= 15 is 0 Å². The van der Waals surface area contributed by atoms with Gasteiger partial charge in [-0.05, 0) is 33.5 Å². The number of allylic oxidation sites excluding steroid dienone is 1. The molecule has 0 saturated carbocycles. The minimum absolute atomic E-state index is 0.352. The van der Waals surface area contributed by atoms with Gasteiger partial charge in [0.05, 0.1) is 0 Å². The molecule has 0 fully saturated rings. The highest BCUT2D eigenvalue weighted by atomic mass is 79.9. The van der Waals surface area contributed by atoms with Crippen LogP contribution in [0.25, 0.3) is 16.8 Å². The first-order chi connectivity index (χ1) is 9.83. The van der Waals surface area contributed by atoms with Gasteiger partial charge in [-0.15, -0.1) is 0 Å². The minimum atomic E-state index is 0.352. The Bertz CT molecular complexity index is 830. The second-order valence-electron chi connectivity index (χ2n) is 5.19. The van der Waals surface area contributed by atoms with E-state index in [2.05, 4.69) is 88.7 Å². The van der Waals surface area contributed by atoms with Crippen molar-refractivity contribution in [2.45, 2.75) is 5.92 Å². The summed E-state index contributed by atoms with van der Waals surface area (Å²) in [7, 11) is 0. The van der Waals surface area contributed by atoms with Crippen LogP contribution in [-0.4, -0.2) is 0 Å². The van der Waals surface area contributed by atoms with Crippen molar-refractivity contribution in [3.63, 3.8) is 0 Å². The normalized spacial score (nSPS) is 16.6. The molecule has 1 heteroatoms. The van der Waals surface area contributed by atoms with Crippen molar-refractivity contribution in [1.29, 1.82) is 0 Å². The van der Waals surface area contributed by atoms with E-state index in [4.69, 9.17) is 0 Å². The molecule has 0 amide bonds. The number of fused-ring (bicyclic) bond motifs is 2. The Labute approximate surface area is 126 Å². The number of hydrogen-bond acceptors (Lipinski definition) is 0. The lowest BCUT2D eigenvalue weighted by Gasteiger charge is -2.14. The second kappa shape index (κ2) is 4.60. The third-order valence-corrected chi connectivity index (χ3v) is 4.69. The summed E-state index contributed by atoms with van der Waals surface area (Å²) in [6.45, 7) is 0. The molecule has 0 spiro atoms. The van der Waals surface area contributed by atoms with Crippen LogP contribution in [0.5, 0.6) is 0 Å². The van der Waals surface area contributed by atoms with Crippen molar-refractivity contribution in [2.24, 2.45) is 0 Å². The molecule has 0 radical (unpaired) electrons. The van der Waals surface area contributed by atoms with Crippen molar-refractivity contribution in [2.75, 3.05) is 0 Å². The Kier molecular flexibility index (Phi) is 2.75. The van der Waals surface area contributed by atoms with Crippen molar-refractivity contribution in [3.05, 3.63) is 87.9 Å². The lowest BCUT2D eigenvalue weighted by Crippen LogP contribution is -1.97. The van der Waals surface area contributed by atoms with E-state index in [0.717, 1.165) is 0 Å². The van der Waals surface area contributed by atoms with Crippen LogP contribution in [-0.2, 0) is 0 Å². The van der Waals surface area contributed by atoms with Crippen LogP contribution in [0.15, 0.2) is 71.2 Å². The molecule has 3 aromatic rings. The van der Waals surface area contributed by atoms with Crippen LogP contribution in [0.4, 0.5) is 0 Å². The summed E-state index contributed by atoms with van der Waals surface area (Å²) in [6.07, 6.45) is 4.51. The monoisotopic (exact) mass is 320 g/mol. The van der Waals surface area contributed by atoms with Crippen LogP contribution in [0, 0.1) is 0 Å². The fourth-order valence-electron chi connectivity index (χ4n) is 3.00. The molecule has 0 N–H and O–H groups in total. The van der Waals surface area contributed by atoms with Crippen molar-refractivity contribution >= 4 is 32.8 Å². The molecule has 0 saturated heterocycles. The van der Waals surface area contributed by atoms with Gasteiger partial charge >= 0.3 is 0 Å². The van der Waals surface area contributed by atoms with Gasteiger partial charge in [-0.3, -0.25) is 0 Å². The maximum absolute atomic E-state index is 3.69. The highest BCUT2D eigenvalue weighted by Gasteiger charge is 2.21. The third kappa shape index (κ3) is 1.82. The topological polar surface area (TPSA) is 0 Å². The van der Waals surface area contributed by atoms with Crippen LogP contribution >= 0.6 is 15.9 Å². The Morgan fingerprint density at radius 2 is 1.65 bits per heavy atom. The summed E-state index contributed by atoms with van der Waals surface area (Å²) in [6, 6.07) is 21.7. The SMILES string of the molecule is Brc1cccc2c1C(c1ccc3ccccc3c1)C=C2. The molecule has 1 aliphatic rings. The average molecular weight is 321 g/mol. The lowest BCUT2D eigenvalue weighted by molar-refractivity contribution is 1.04. The van der Waals surface area contributed by atoms with Gasteiger partial charge < -0.3 is 0 Å². The Morgan fingerprint density at radius 1 is 0.800 bits per heavy atom. The second-order valence-corrected chi connectivity index (χ2v) is 6.04. The summed E-state index contributed by atoms with van der Waals surface area (Å²) in [5.74, 6) is 0.352. The quantitative estimate of drug-likeness (QED) is 0.534. The number of halogens is 1. The first-order valence-corrected chi connectivity index (χ1v) is 7.57. The molecule has 0 bridgehead atoms. The average Bonchev–Trinajstić information content (AvgIpc) is 2.92. The molecule has 0 aliphatic heterocycles. The van der Waals surface area contributed by atoms with Gasteiger partial charge in [0.2, 0.25) is 0 Å². The van der Waals surface area contributed by atoms with Crippen molar-refractivity contribution in [3.8, 4) is 0 Å². The minimum Gasteiger partial charge on any atom is -0.0720 e. The van der Waals surface area contributed by atoms with Gasteiger partial charge in [0.15, 0.2) is 0 Å². The fraction of sp³-hybridized carbons (Fsp3) is 0.0526. The van der Waals surface area contributed by atoms with Gasteiger partial charge in [0, 0.05) is 10.4 Å². The van der Waals surface area contributed by atoms with Crippen molar-refractivity contribution in [1.82, 2.24) is 0 Å². The van der Waals surface area contributed by atoms with E-state index in [9.17, 15) is 0 Å². The molecule has 20 heavy (non-hydrogen) atoms. The molecule has 0 aromatic heterocycles. The van der Waals surface area contributed by atoms with Crippen LogP contribution in [0.1, 0.15) is 22.6 Å². The summed E-state index contributed by atoms with van der Waals surface area (Å²) in [5.41, 5.74) is 4.05. The lowest BCUT2D eigenvalue weighted by atomic mass is 9.91. The molecule has 4 rings (SSSR count). The smallest absolute Gasteiger partial charge is 0.0290 e. The first kappa shape index (κ1) is 11.9. The number of benzene rings is 3. The van der Waals surface area contributed by atoms with Gasteiger partial charge in [0.1, 0.15) is 0 Å². The summed E-state index contributed by atoms with van der Waals surface area (Å²) in [4.78, 5) is 0. The van der Waals surface area contributed by atoms with E-state index in [1.165, 1.54) is 31.9 Å². The number of rotatable bonds is 1.